The van der Waals surface area contributed by atoms with Gasteiger partial charge in [0.1, 0.15) is 5.82 Å². The minimum absolute atomic E-state index is 0.0149. The maximum atomic E-state index is 13.5. The molecule has 0 bridgehead atoms. The third kappa shape index (κ3) is 5.47. The first-order valence-electron chi connectivity index (χ1n) is 7.48. The van der Waals surface area contributed by atoms with E-state index in [4.69, 9.17) is 0 Å². The fourth-order valence-corrected chi connectivity index (χ4v) is 2.32. The number of halogens is 1. The largest absolute Gasteiger partial charge is 0.386 e. The number of carbonyl (C=O) groups is 1. The predicted molar refractivity (Wildman–Crippen MR) is 87.1 cm³/mol. The van der Waals surface area contributed by atoms with E-state index in [1.807, 2.05) is 42.3 Å². The highest BCUT2D eigenvalue weighted by Gasteiger charge is 2.14. The number of aliphatic hydroxyl groups excluding tert-OH is 1. The van der Waals surface area contributed by atoms with Crippen LogP contribution in [0.4, 0.5) is 4.39 Å². The molecule has 1 atom stereocenters. The monoisotopic (exact) mass is 316 g/mol. The van der Waals surface area contributed by atoms with Crippen LogP contribution < -0.4 is 5.32 Å². The number of carbonyl (C=O) groups excluding carboxylic acids is 1. The molecule has 0 aliphatic rings. The normalized spacial score (nSPS) is 12.2. The van der Waals surface area contributed by atoms with Gasteiger partial charge in [0.15, 0.2) is 0 Å². The maximum absolute atomic E-state index is 13.5. The molecule has 4 nitrogen and oxygen atoms in total. The van der Waals surface area contributed by atoms with Crippen LogP contribution in [0.1, 0.15) is 17.2 Å². The van der Waals surface area contributed by atoms with Gasteiger partial charge < -0.3 is 10.4 Å². The van der Waals surface area contributed by atoms with E-state index < -0.39 is 11.9 Å². The molecule has 0 spiro atoms. The molecule has 0 aliphatic carbocycles. The van der Waals surface area contributed by atoms with Crippen LogP contribution in [0.25, 0.3) is 0 Å². The molecule has 5 heteroatoms. The van der Waals surface area contributed by atoms with E-state index in [1.165, 1.54) is 12.1 Å². The van der Waals surface area contributed by atoms with Gasteiger partial charge in [-0.05, 0) is 18.7 Å². The van der Waals surface area contributed by atoms with Gasteiger partial charge in [-0.15, -0.1) is 0 Å². The highest BCUT2D eigenvalue weighted by atomic mass is 19.1. The number of benzene rings is 2. The molecule has 2 rings (SSSR count). The van der Waals surface area contributed by atoms with Crippen LogP contribution in [0.2, 0.25) is 0 Å². The van der Waals surface area contributed by atoms with Gasteiger partial charge in [0, 0.05) is 18.7 Å². The Morgan fingerprint density at radius 1 is 1.17 bits per heavy atom. The van der Waals surface area contributed by atoms with Crippen molar-refractivity contribution in [3.05, 3.63) is 71.5 Å². The molecule has 122 valence electrons. The fourth-order valence-electron chi connectivity index (χ4n) is 2.32. The standard InChI is InChI=1S/C18H21FN2O2/c1-21(12-14-7-3-2-4-8-14)13-18(23)20-11-17(22)15-9-5-6-10-16(15)19/h2-10,17,22H,11-13H2,1H3,(H,20,23). The predicted octanol–water partition coefficient (Wildman–Crippen LogP) is 2.11. The molecule has 0 aliphatic heterocycles. The molecule has 0 radical (unpaired) electrons. The van der Waals surface area contributed by atoms with E-state index in [9.17, 15) is 14.3 Å². The van der Waals surface area contributed by atoms with Crippen LogP contribution in [0.15, 0.2) is 54.6 Å². The molecule has 0 aromatic heterocycles. The van der Waals surface area contributed by atoms with Crippen LogP contribution in [-0.4, -0.2) is 36.1 Å². The van der Waals surface area contributed by atoms with E-state index in [0.29, 0.717) is 6.54 Å². The number of hydrogen-bond acceptors (Lipinski definition) is 3. The molecule has 2 aromatic carbocycles. The minimum atomic E-state index is -1.06. The van der Waals surface area contributed by atoms with E-state index in [2.05, 4.69) is 5.32 Å². The summed E-state index contributed by atoms with van der Waals surface area (Å²) in [5.41, 5.74) is 1.31. The molecule has 2 N–H and O–H groups in total. The van der Waals surface area contributed by atoms with Gasteiger partial charge in [-0.2, -0.15) is 0 Å². The fraction of sp³-hybridized carbons (Fsp3) is 0.278. The lowest BCUT2D eigenvalue weighted by Crippen LogP contribution is -2.37. The molecular weight excluding hydrogens is 295 g/mol. The van der Waals surface area contributed by atoms with Crippen molar-refractivity contribution < 1.29 is 14.3 Å². The highest BCUT2D eigenvalue weighted by molar-refractivity contribution is 5.78. The van der Waals surface area contributed by atoms with E-state index in [1.54, 1.807) is 12.1 Å². The number of nitrogens with zero attached hydrogens (tertiary/aromatic N) is 1. The van der Waals surface area contributed by atoms with Crippen molar-refractivity contribution in [2.45, 2.75) is 12.6 Å². The van der Waals surface area contributed by atoms with Gasteiger partial charge in [0.2, 0.25) is 5.91 Å². The molecule has 1 amide bonds. The summed E-state index contributed by atoms with van der Waals surface area (Å²) in [5, 5.41) is 12.6. The van der Waals surface area contributed by atoms with E-state index in [0.717, 1.165) is 5.56 Å². The Labute approximate surface area is 135 Å². The summed E-state index contributed by atoms with van der Waals surface area (Å²) >= 11 is 0. The zero-order chi connectivity index (χ0) is 16.7. The second-order valence-electron chi connectivity index (χ2n) is 5.50. The third-order valence-corrected chi connectivity index (χ3v) is 3.47. The summed E-state index contributed by atoms with van der Waals surface area (Å²) in [4.78, 5) is 13.8. The summed E-state index contributed by atoms with van der Waals surface area (Å²) in [7, 11) is 1.85. The van der Waals surface area contributed by atoms with Crippen molar-refractivity contribution in [3.8, 4) is 0 Å². The Morgan fingerprint density at radius 2 is 1.83 bits per heavy atom. The van der Waals surface area contributed by atoms with Gasteiger partial charge in [0.05, 0.1) is 12.6 Å². The second-order valence-corrected chi connectivity index (χ2v) is 5.50. The Balaban J connectivity index is 1.77. The van der Waals surface area contributed by atoms with Crippen molar-refractivity contribution in [3.63, 3.8) is 0 Å². The number of hydrogen-bond donors (Lipinski definition) is 2. The summed E-state index contributed by atoms with van der Waals surface area (Å²) in [5.74, 6) is -0.686. The smallest absolute Gasteiger partial charge is 0.234 e. The van der Waals surface area contributed by atoms with E-state index in [-0.39, 0.29) is 24.6 Å². The molecule has 0 fully saturated rings. The number of amides is 1. The maximum Gasteiger partial charge on any atom is 0.234 e. The Hall–Kier alpha value is -2.24. The van der Waals surface area contributed by atoms with Crippen LogP contribution in [0.5, 0.6) is 0 Å². The Kier molecular flexibility index (Phi) is 6.26. The van der Waals surface area contributed by atoms with Crippen LogP contribution >= 0.6 is 0 Å². The SMILES string of the molecule is CN(CC(=O)NCC(O)c1ccccc1F)Cc1ccccc1. The highest BCUT2D eigenvalue weighted by Crippen LogP contribution is 2.15. The van der Waals surface area contributed by atoms with Crippen molar-refractivity contribution in [1.82, 2.24) is 10.2 Å². The zero-order valence-electron chi connectivity index (χ0n) is 13.1. The van der Waals surface area contributed by atoms with Crippen LogP contribution in [0, 0.1) is 5.82 Å². The van der Waals surface area contributed by atoms with Gasteiger partial charge >= 0.3 is 0 Å². The number of aliphatic hydroxyl groups is 1. The first kappa shape index (κ1) is 17.1. The van der Waals surface area contributed by atoms with Gasteiger partial charge in [-0.3, -0.25) is 9.69 Å². The minimum Gasteiger partial charge on any atom is -0.386 e. The molecule has 2 aromatic rings. The number of likely N-dealkylation sites (N-methyl/N-ethyl adjacent to an activating group) is 1. The summed E-state index contributed by atoms with van der Waals surface area (Å²) in [6.45, 7) is 0.849. The lowest BCUT2D eigenvalue weighted by atomic mass is 10.1. The molecule has 23 heavy (non-hydrogen) atoms. The summed E-state index contributed by atoms with van der Waals surface area (Å²) in [6.07, 6.45) is -1.06. The molecule has 1 unspecified atom stereocenters. The third-order valence-electron chi connectivity index (χ3n) is 3.47. The number of nitrogens with one attached hydrogen (secondary N) is 1. The lowest BCUT2D eigenvalue weighted by molar-refractivity contribution is -0.122. The molecule has 0 saturated carbocycles. The molecule has 0 heterocycles. The van der Waals surface area contributed by atoms with Crippen molar-refractivity contribution >= 4 is 5.91 Å². The topological polar surface area (TPSA) is 52.6 Å². The molecule has 0 saturated heterocycles. The second kappa shape index (κ2) is 8.41. The average molecular weight is 316 g/mol. The summed E-state index contributed by atoms with van der Waals surface area (Å²) in [6, 6.07) is 15.8. The van der Waals surface area contributed by atoms with Crippen LogP contribution in [-0.2, 0) is 11.3 Å². The van der Waals surface area contributed by atoms with Crippen LogP contribution in [0.3, 0.4) is 0 Å². The van der Waals surface area contributed by atoms with Gasteiger partial charge in [0.25, 0.3) is 0 Å². The first-order chi connectivity index (χ1) is 11.1. The quantitative estimate of drug-likeness (QED) is 0.822. The molecular formula is C18H21FN2O2. The average Bonchev–Trinajstić information content (AvgIpc) is 2.54. The van der Waals surface area contributed by atoms with Crippen molar-refractivity contribution in [2.24, 2.45) is 0 Å². The van der Waals surface area contributed by atoms with Gasteiger partial charge in [-0.1, -0.05) is 48.5 Å². The van der Waals surface area contributed by atoms with E-state index >= 15 is 0 Å². The number of rotatable bonds is 7. The first-order valence-corrected chi connectivity index (χ1v) is 7.48. The Morgan fingerprint density at radius 3 is 2.52 bits per heavy atom. The van der Waals surface area contributed by atoms with Crippen molar-refractivity contribution in [2.75, 3.05) is 20.1 Å². The summed E-state index contributed by atoms with van der Waals surface area (Å²) < 4.78 is 13.5. The van der Waals surface area contributed by atoms with Crippen molar-refractivity contribution in [1.29, 1.82) is 0 Å². The Bertz CT molecular complexity index is 634. The lowest BCUT2D eigenvalue weighted by Gasteiger charge is -2.18. The zero-order valence-corrected chi connectivity index (χ0v) is 13.1. The van der Waals surface area contributed by atoms with Gasteiger partial charge in [-0.25, -0.2) is 4.39 Å².